The monoisotopic (exact) mass is 336 g/mol. The molecule has 0 spiro atoms. The Balaban J connectivity index is 2.17. The molecule has 0 aliphatic carbocycles. The number of imidazole rings is 1. The van der Waals surface area contributed by atoms with Crippen LogP contribution in [0.15, 0.2) is 36.4 Å². The first-order chi connectivity index (χ1) is 12.0. The summed E-state index contributed by atoms with van der Waals surface area (Å²) in [6.07, 6.45) is 1.33. The van der Waals surface area contributed by atoms with Gasteiger partial charge in [0.1, 0.15) is 11.9 Å². The molecule has 25 heavy (non-hydrogen) atoms. The third-order valence-electron chi connectivity index (χ3n) is 3.59. The minimum atomic E-state index is -0.640. The van der Waals surface area contributed by atoms with Crippen LogP contribution in [-0.2, 0) is 0 Å². The number of ether oxygens (including phenoxy) is 1. The first-order valence-electron chi connectivity index (χ1n) is 7.15. The highest BCUT2D eigenvalue weighted by molar-refractivity contribution is 5.92. The van der Waals surface area contributed by atoms with Crippen LogP contribution in [0.2, 0.25) is 0 Å². The summed E-state index contributed by atoms with van der Waals surface area (Å²) in [7, 11) is 1.33. The Morgan fingerprint density at radius 3 is 2.84 bits per heavy atom. The fraction of sp³-hybridized carbons (Fsp3) is 0.0588. The van der Waals surface area contributed by atoms with Crippen LogP contribution in [0.4, 0.5) is 5.69 Å². The molecule has 8 heteroatoms. The Labute approximate surface area is 141 Å². The Morgan fingerprint density at radius 2 is 2.20 bits per heavy atom. The number of nitrogens with one attached hydrogen (secondary N) is 1. The molecule has 0 aliphatic rings. The number of benzene rings is 2. The zero-order valence-electron chi connectivity index (χ0n) is 13.1. The van der Waals surface area contributed by atoms with E-state index in [1.807, 2.05) is 24.3 Å². The fourth-order valence-electron chi connectivity index (χ4n) is 2.40. The number of phenols is 1. The smallest absolute Gasteiger partial charge is 0.280 e. The second kappa shape index (κ2) is 6.33. The molecule has 0 saturated heterocycles. The Morgan fingerprint density at radius 1 is 1.44 bits per heavy atom. The fourth-order valence-corrected chi connectivity index (χ4v) is 2.40. The van der Waals surface area contributed by atoms with Crippen LogP contribution >= 0.6 is 0 Å². The van der Waals surface area contributed by atoms with Gasteiger partial charge in [0.05, 0.1) is 40.3 Å². The SMILES string of the molecule is COc1cc(/C=C(\C#N)c2nc3ccccc3[nH]2)c([N+](=O)[O-])cc1O. The number of hydrogen-bond donors (Lipinski definition) is 2. The van der Waals surface area contributed by atoms with Gasteiger partial charge >= 0.3 is 0 Å². The van der Waals surface area contributed by atoms with Crippen LogP contribution in [-0.4, -0.2) is 27.1 Å². The van der Waals surface area contributed by atoms with Gasteiger partial charge < -0.3 is 14.8 Å². The van der Waals surface area contributed by atoms with E-state index in [0.29, 0.717) is 11.3 Å². The summed E-state index contributed by atoms with van der Waals surface area (Å²) >= 11 is 0. The second-order valence-corrected chi connectivity index (χ2v) is 5.11. The number of aromatic nitrogens is 2. The summed E-state index contributed by atoms with van der Waals surface area (Å²) in [5, 5.41) is 30.4. The third kappa shape index (κ3) is 2.98. The maximum absolute atomic E-state index is 11.2. The number of nitrogens with zero attached hydrogens (tertiary/aromatic N) is 3. The molecule has 0 saturated carbocycles. The van der Waals surface area contributed by atoms with Crippen molar-refractivity contribution in [2.75, 3.05) is 7.11 Å². The lowest BCUT2D eigenvalue weighted by molar-refractivity contribution is -0.385. The average Bonchev–Trinajstić information content (AvgIpc) is 3.04. The number of nitriles is 1. The van der Waals surface area contributed by atoms with Crippen molar-refractivity contribution in [2.24, 2.45) is 0 Å². The second-order valence-electron chi connectivity index (χ2n) is 5.11. The van der Waals surface area contributed by atoms with Crippen LogP contribution < -0.4 is 4.74 Å². The highest BCUT2D eigenvalue weighted by atomic mass is 16.6. The van der Waals surface area contributed by atoms with Gasteiger partial charge in [-0.25, -0.2) is 4.98 Å². The Kier molecular flexibility index (Phi) is 4.05. The van der Waals surface area contributed by atoms with E-state index < -0.39 is 4.92 Å². The average molecular weight is 336 g/mol. The highest BCUT2D eigenvalue weighted by Crippen LogP contribution is 2.35. The maximum Gasteiger partial charge on any atom is 0.280 e. The summed E-state index contributed by atoms with van der Waals surface area (Å²) in [5.74, 6) is 0.0115. The number of aromatic amines is 1. The van der Waals surface area contributed by atoms with E-state index in [1.165, 1.54) is 19.3 Å². The first kappa shape index (κ1) is 16.0. The van der Waals surface area contributed by atoms with Gasteiger partial charge in [0.15, 0.2) is 11.5 Å². The summed E-state index contributed by atoms with van der Waals surface area (Å²) in [6, 6.07) is 11.5. The van der Waals surface area contributed by atoms with Gasteiger partial charge in [-0.15, -0.1) is 0 Å². The number of hydrogen-bond acceptors (Lipinski definition) is 6. The molecule has 0 atom stereocenters. The van der Waals surface area contributed by atoms with Gasteiger partial charge in [-0.2, -0.15) is 5.26 Å². The summed E-state index contributed by atoms with van der Waals surface area (Å²) < 4.78 is 4.98. The molecule has 0 radical (unpaired) electrons. The quantitative estimate of drug-likeness (QED) is 0.428. The first-order valence-corrected chi connectivity index (χ1v) is 7.15. The van der Waals surface area contributed by atoms with E-state index in [9.17, 15) is 20.5 Å². The molecule has 3 aromatic rings. The Hall–Kier alpha value is -3.86. The molecule has 2 N–H and O–H groups in total. The summed E-state index contributed by atoms with van der Waals surface area (Å²) in [4.78, 5) is 17.9. The molecule has 0 aliphatic heterocycles. The number of fused-ring (bicyclic) bond motifs is 1. The van der Waals surface area contributed by atoms with Crippen molar-refractivity contribution in [3.05, 3.63) is 57.9 Å². The number of aromatic hydroxyl groups is 1. The van der Waals surface area contributed by atoms with Crippen molar-refractivity contribution < 1.29 is 14.8 Å². The van der Waals surface area contributed by atoms with Gasteiger partial charge in [0.25, 0.3) is 5.69 Å². The Bertz CT molecular complexity index is 1010. The van der Waals surface area contributed by atoms with Crippen molar-refractivity contribution in [3.8, 4) is 17.6 Å². The van der Waals surface area contributed by atoms with Crippen LogP contribution in [0.5, 0.6) is 11.5 Å². The number of nitro groups is 1. The molecule has 2 aromatic carbocycles. The van der Waals surface area contributed by atoms with E-state index >= 15 is 0 Å². The van der Waals surface area contributed by atoms with E-state index in [2.05, 4.69) is 9.97 Å². The van der Waals surface area contributed by atoms with Gasteiger partial charge in [-0.05, 0) is 24.3 Å². The predicted octanol–water partition coefficient (Wildman–Crippen LogP) is 3.25. The van der Waals surface area contributed by atoms with Crippen molar-refractivity contribution in [1.29, 1.82) is 5.26 Å². The molecule has 8 nitrogen and oxygen atoms in total. The van der Waals surface area contributed by atoms with Crippen LogP contribution in [0.25, 0.3) is 22.7 Å². The lowest BCUT2D eigenvalue weighted by Crippen LogP contribution is -1.95. The van der Waals surface area contributed by atoms with Gasteiger partial charge in [0, 0.05) is 0 Å². The standard InChI is InChI=1S/C17H12N4O4/c1-25-16-7-10(14(21(23)24)8-15(16)22)6-11(9-18)17-19-12-4-2-3-5-13(12)20-17/h2-8,22H,1H3,(H,19,20)/b11-6+. The van der Waals surface area contributed by atoms with E-state index in [-0.39, 0.29) is 28.3 Å². The zero-order chi connectivity index (χ0) is 18.0. The summed E-state index contributed by atoms with van der Waals surface area (Å²) in [6.45, 7) is 0. The topological polar surface area (TPSA) is 125 Å². The van der Waals surface area contributed by atoms with Crippen LogP contribution in [0.1, 0.15) is 11.4 Å². The maximum atomic E-state index is 11.2. The van der Waals surface area contributed by atoms with Crippen molar-refractivity contribution >= 4 is 28.4 Å². The number of para-hydroxylation sites is 2. The van der Waals surface area contributed by atoms with Gasteiger partial charge in [-0.3, -0.25) is 10.1 Å². The summed E-state index contributed by atoms with van der Waals surface area (Å²) in [5.41, 5.74) is 1.32. The molecule has 0 amide bonds. The lowest BCUT2D eigenvalue weighted by Gasteiger charge is -2.05. The predicted molar refractivity (Wildman–Crippen MR) is 90.9 cm³/mol. The largest absolute Gasteiger partial charge is 0.504 e. The molecular weight excluding hydrogens is 324 g/mol. The minimum absolute atomic E-state index is 0.0683. The molecule has 0 bridgehead atoms. The molecule has 0 fully saturated rings. The number of nitro benzene ring substituents is 1. The molecular formula is C17H12N4O4. The molecule has 1 aromatic heterocycles. The number of methoxy groups -OCH3 is 1. The van der Waals surface area contributed by atoms with Crippen molar-refractivity contribution in [3.63, 3.8) is 0 Å². The molecule has 0 unspecified atom stereocenters. The van der Waals surface area contributed by atoms with Crippen LogP contribution in [0, 0.1) is 21.4 Å². The minimum Gasteiger partial charge on any atom is -0.504 e. The lowest BCUT2D eigenvalue weighted by atomic mass is 10.1. The number of allylic oxidation sites excluding steroid dienone is 1. The van der Waals surface area contributed by atoms with E-state index in [1.54, 1.807) is 6.07 Å². The zero-order valence-corrected chi connectivity index (χ0v) is 13.1. The van der Waals surface area contributed by atoms with Crippen molar-refractivity contribution in [2.45, 2.75) is 0 Å². The van der Waals surface area contributed by atoms with Gasteiger partial charge in [-0.1, -0.05) is 12.1 Å². The van der Waals surface area contributed by atoms with Crippen molar-refractivity contribution in [1.82, 2.24) is 9.97 Å². The van der Waals surface area contributed by atoms with Crippen LogP contribution in [0.3, 0.4) is 0 Å². The van der Waals surface area contributed by atoms with E-state index in [0.717, 1.165) is 11.6 Å². The van der Waals surface area contributed by atoms with Gasteiger partial charge in [0.2, 0.25) is 0 Å². The third-order valence-corrected chi connectivity index (χ3v) is 3.59. The highest BCUT2D eigenvalue weighted by Gasteiger charge is 2.19. The number of rotatable bonds is 4. The number of H-pyrrole nitrogens is 1. The molecule has 3 rings (SSSR count). The normalized spacial score (nSPS) is 11.3. The van der Waals surface area contributed by atoms with E-state index in [4.69, 9.17) is 4.74 Å². The number of phenolic OH excluding ortho intramolecular Hbond substituents is 1. The molecule has 1 heterocycles. The molecule has 124 valence electrons.